The Labute approximate surface area is 139 Å². The number of ether oxygens (including phenoxy) is 3. The third-order valence-electron chi connectivity index (χ3n) is 3.52. The summed E-state index contributed by atoms with van der Waals surface area (Å²) >= 11 is 0. The Hall–Kier alpha value is -3.09. The van der Waals surface area contributed by atoms with Crippen molar-refractivity contribution >= 4 is 16.7 Å². The summed E-state index contributed by atoms with van der Waals surface area (Å²) in [5.74, 6) is 2.42. The molecule has 0 fully saturated rings. The van der Waals surface area contributed by atoms with E-state index in [2.05, 4.69) is 15.0 Å². The number of pyridine rings is 1. The van der Waals surface area contributed by atoms with E-state index in [-0.39, 0.29) is 0 Å². The molecule has 3 aromatic rings. The van der Waals surface area contributed by atoms with Crippen molar-refractivity contribution in [2.24, 2.45) is 0 Å². The summed E-state index contributed by atoms with van der Waals surface area (Å²) in [4.78, 5) is 13.2. The molecule has 0 bridgehead atoms. The molecule has 1 aromatic carbocycles. The number of anilines is 1. The van der Waals surface area contributed by atoms with Gasteiger partial charge in [-0.2, -0.15) is 0 Å². The van der Waals surface area contributed by atoms with E-state index >= 15 is 0 Å². The Bertz CT molecular complexity index is 883. The molecule has 0 aliphatic heterocycles. The fraction of sp³-hybridized carbons (Fsp3) is 0.235. The Morgan fingerprint density at radius 3 is 2.54 bits per heavy atom. The molecule has 24 heavy (non-hydrogen) atoms. The molecule has 0 saturated heterocycles. The predicted octanol–water partition coefficient (Wildman–Crippen LogP) is 2.69. The minimum atomic E-state index is 0.349. The highest BCUT2D eigenvalue weighted by Crippen LogP contribution is 2.35. The first-order valence-corrected chi connectivity index (χ1v) is 7.45. The number of nitrogen functional groups attached to an aromatic ring is 1. The van der Waals surface area contributed by atoms with Crippen molar-refractivity contribution in [2.45, 2.75) is 6.92 Å². The van der Waals surface area contributed by atoms with E-state index in [0.29, 0.717) is 52.1 Å². The van der Waals surface area contributed by atoms with Crippen LogP contribution in [0.5, 0.6) is 17.4 Å². The van der Waals surface area contributed by atoms with Gasteiger partial charge in [0.2, 0.25) is 5.88 Å². The highest BCUT2D eigenvalue weighted by Gasteiger charge is 2.15. The van der Waals surface area contributed by atoms with E-state index in [9.17, 15) is 0 Å². The van der Waals surface area contributed by atoms with Crippen LogP contribution in [0.1, 0.15) is 6.92 Å². The summed E-state index contributed by atoms with van der Waals surface area (Å²) in [6.45, 7) is 2.39. The molecular weight excluding hydrogens is 308 g/mol. The molecule has 7 heteroatoms. The number of nitrogens with two attached hydrogens (primary N) is 1. The van der Waals surface area contributed by atoms with Crippen LogP contribution in [0.2, 0.25) is 0 Å². The Morgan fingerprint density at radius 2 is 1.83 bits per heavy atom. The molecule has 0 aliphatic carbocycles. The summed E-state index contributed by atoms with van der Waals surface area (Å²) in [6, 6.07) is 7.18. The van der Waals surface area contributed by atoms with Gasteiger partial charge < -0.3 is 19.9 Å². The molecule has 0 spiro atoms. The van der Waals surface area contributed by atoms with Gasteiger partial charge in [0.1, 0.15) is 5.82 Å². The van der Waals surface area contributed by atoms with Gasteiger partial charge >= 0.3 is 0 Å². The average Bonchev–Trinajstić information content (AvgIpc) is 2.61. The molecule has 0 atom stereocenters. The number of rotatable bonds is 5. The number of hydrogen-bond acceptors (Lipinski definition) is 7. The highest BCUT2D eigenvalue weighted by molar-refractivity contribution is 5.92. The standard InChI is InChI=1S/C17H18N4O3/c1-4-24-17-10(6-5-7-19-17)16-20-12-9-14(23-3)13(22-2)8-11(12)15(18)21-16/h5-9H,4H2,1-3H3,(H2,18,20,21). The van der Waals surface area contributed by atoms with E-state index in [0.717, 1.165) is 0 Å². The van der Waals surface area contributed by atoms with Crippen LogP contribution in [0.25, 0.3) is 22.3 Å². The molecule has 124 valence electrons. The second-order valence-electron chi connectivity index (χ2n) is 4.95. The summed E-state index contributed by atoms with van der Waals surface area (Å²) < 4.78 is 16.2. The van der Waals surface area contributed by atoms with Gasteiger partial charge in [0, 0.05) is 17.6 Å². The lowest BCUT2D eigenvalue weighted by Crippen LogP contribution is -2.02. The van der Waals surface area contributed by atoms with Crippen molar-refractivity contribution < 1.29 is 14.2 Å². The zero-order chi connectivity index (χ0) is 17.1. The lowest BCUT2D eigenvalue weighted by atomic mass is 10.2. The maximum Gasteiger partial charge on any atom is 0.224 e. The Morgan fingerprint density at radius 1 is 1.08 bits per heavy atom. The number of aromatic nitrogens is 3. The molecule has 0 saturated carbocycles. The summed E-state index contributed by atoms with van der Waals surface area (Å²) in [5.41, 5.74) is 7.46. The minimum Gasteiger partial charge on any atom is -0.493 e. The second-order valence-corrected chi connectivity index (χ2v) is 4.95. The first-order valence-electron chi connectivity index (χ1n) is 7.45. The molecule has 2 aromatic heterocycles. The molecule has 0 aliphatic rings. The second kappa shape index (κ2) is 6.57. The highest BCUT2D eigenvalue weighted by atomic mass is 16.5. The third-order valence-corrected chi connectivity index (χ3v) is 3.52. The van der Waals surface area contributed by atoms with Crippen molar-refractivity contribution in [3.63, 3.8) is 0 Å². The minimum absolute atomic E-state index is 0.349. The summed E-state index contributed by atoms with van der Waals surface area (Å²) in [5, 5.41) is 0.693. The predicted molar refractivity (Wildman–Crippen MR) is 91.5 cm³/mol. The molecule has 0 unspecified atom stereocenters. The van der Waals surface area contributed by atoms with Crippen LogP contribution in [-0.4, -0.2) is 35.8 Å². The molecule has 7 nitrogen and oxygen atoms in total. The third kappa shape index (κ3) is 2.76. The lowest BCUT2D eigenvalue weighted by molar-refractivity contribution is 0.328. The molecule has 0 radical (unpaired) electrons. The van der Waals surface area contributed by atoms with Crippen LogP contribution in [-0.2, 0) is 0 Å². The Balaban J connectivity index is 2.21. The van der Waals surface area contributed by atoms with E-state index < -0.39 is 0 Å². The maximum atomic E-state index is 6.12. The lowest BCUT2D eigenvalue weighted by Gasteiger charge is -2.12. The topological polar surface area (TPSA) is 92.4 Å². The molecule has 2 N–H and O–H groups in total. The van der Waals surface area contributed by atoms with Crippen molar-refractivity contribution in [1.29, 1.82) is 0 Å². The van der Waals surface area contributed by atoms with Crippen molar-refractivity contribution in [2.75, 3.05) is 26.6 Å². The van der Waals surface area contributed by atoms with Crippen LogP contribution in [0.15, 0.2) is 30.5 Å². The first-order chi connectivity index (χ1) is 11.7. The SMILES string of the molecule is CCOc1ncccc1-c1nc(N)c2cc(OC)c(OC)cc2n1. The van der Waals surface area contributed by atoms with Crippen molar-refractivity contribution in [3.05, 3.63) is 30.5 Å². The summed E-state index contributed by atoms with van der Waals surface area (Å²) in [7, 11) is 3.14. The van der Waals surface area contributed by atoms with Crippen LogP contribution in [0.3, 0.4) is 0 Å². The fourth-order valence-electron chi connectivity index (χ4n) is 2.41. The van der Waals surface area contributed by atoms with E-state index in [1.807, 2.05) is 13.0 Å². The van der Waals surface area contributed by atoms with Crippen molar-refractivity contribution in [3.8, 4) is 28.8 Å². The van der Waals surface area contributed by atoms with Gasteiger partial charge in [0.25, 0.3) is 0 Å². The number of hydrogen-bond donors (Lipinski definition) is 1. The van der Waals surface area contributed by atoms with Crippen LogP contribution >= 0.6 is 0 Å². The molecular formula is C17H18N4O3. The van der Waals surface area contributed by atoms with Gasteiger partial charge in [-0.3, -0.25) is 0 Å². The number of benzene rings is 1. The van der Waals surface area contributed by atoms with Crippen LogP contribution in [0, 0.1) is 0 Å². The zero-order valence-corrected chi connectivity index (χ0v) is 13.7. The van der Waals surface area contributed by atoms with Gasteiger partial charge in [-0.1, -0.05) is 0 Å². The van der Waals surface area contributed by atoms with E-state index in [1.165, 1.54) is 0 Å². The van der Waals surface area contributed by atoms with Gasteiger partial charge in [0.15, 0.2) is 17.3 Å². The molecule has 0 amide bonds. The molecule has 3 rings (SSSR count). The quantitative estimate of drug-likeness (QED) is 0.770. The van der Waals surface area contributed by atoms with E-state index in [1.54, 1.807) is 38.6 Å². The van der Waals surface area contributed by atoms with E-state index in [4.69, 9.17) is 19.9 Å². The van der Waals surface area contributed by atoms with Crippen molar-refractivity contribution in [1.82, 2.24) is 15.0 Å². The summed E-state index contributed by atoms with van der Waals surface area (Å²) in [6.07, 6.45) is 1.66. The van der Waals surface area contributed by atoms with Gasteiger partial charge in [-0.05, 0) is 25.1 Å². The number of methoxy groups -OCH3 is 2. The smallest absolute Gasteiger partial charge is 0.224 e. The monoisotopic (exact) mass is 326 g/mol. The van der Waals surface area contributed by atoms with Crippen LogP contribution in [0.4, 0.5) is 5.82 Å². The average molecular weight is 326 g/mol. The molecule has 2 heterocycles. The fourth-order valence-corrected chi connectivity index (χ4v) is 2.41. The normalized spacial score (nSPS) is 10.6. The zero-order valence-electron chi connectivity index (χ0n) is 13.7. The largest absolute Gasteiger partial charge is 0.493 e. The van der Waals surface area contributed by atoms with Gasteiger partial charge in [0.05, 0.1) is 31.9 Å². The van der Waals surface area contributed by atoms with Crippen LogP contribution < -0.4 is 19.9 Å². The maximum absolute atomic E-state index is 6.12. The van der Waals surface area contributed by atoms with Gasteiger partial charge in [-0.25, -0.2) is 15.0 Å². The number of nitrogens with zero attached hydrogens (tertiary/aromatic N) is 3. The first kappa shape index (κ1) is 15.8. The van der Waals surface area contributed by atoms with Gasteiger partial charge in [-0.15, -0.1) is 0 Å². The Kier molecular flexibility index (Phi) is 4.33. The number of fused-ring (bicyclic) bond motifs is 1.